The molecule has 0 bridgehead atoms. The third-order valence-electron chi connectivity index (χ3n) is 4.62. The zero-order valence-electron chi connectivity index (χ0n) is 15.8. The van der Waals surface area contributed by atoms with E-state index in [0.29, 0.717) is 0 Å². The van der Waals surface area contributed by atoms with Crippen molar-refractivity contribution in [3.8, 4) is 0 Å². The maximum absolute atomic E-state index is 11.3. The van der Waals surface area contributed by atoms with Gasteiger partial charge in [-0.15, -0.1) is 0 Å². The number of aliphatic hydroxyl groups excluding tert-OH is 6. The lowest BCUT2D eigenvalue weighted by molar-refractivity contribution is -0.383. The number of rotatable bonds is 7. The maximum atomic E-state index is 11.3. The van der Waals surface area contributed by atoms with Gasteiger partial charge in [-0.3, -0.25) is 9.59 Å². The predicted octanol–water partition coefficient (Wildman–Crippen LogP) is -4.25. The molecule has 2 aliphatic rings. The fraction of sp³-hybridized carbons (Fsp3) is 0.875. The van der Waals surface area contributed by atoms with E-state index >= 15 is 0 Å². The molecule has 0 aromatic carbocycles. The molecular weight excluding hydrogens is 400 g/mol. The van der Waals surface area contributed by atoms with Crippen LogP contribution < -0.4 is 0 Å². The Morgan fingerprint density at radius 3 is 2.14 bits per heavy atom. The van der Waals surface area contributed by atoms with E-state index in [-0.39, 0.29) is 0 Å². The van der Waals surface area contributed by atoms with Crippen molar-refractivity contribution in [1.82, 2.24) is 0 Å². The van der Waals surface area contributed by atoms with Crippen molar-refractivity contribution in [3.63, 3.8) is 0 Å². The van der Waals surface area contributed by atoms with Crippen LogP contribution in [-0.4, -0.2) is 117 Å². The molecule has 0 aromatic rings. The van der Waals surface area contributed by atoms with Gasteiger partial charge in [0.1, 0.15) is 49.8 Å². The topological polar surface area (TPSA) is 202 Å². The Kier molecular flexibility index (Phi) is 7.89. The van der Waals surface area contributed by atoms with Gasteiger partial charge < -0.3 is 54.3 Å². The Bertz CT molecular complexity index is 585. The van der Waals surface area contributed by atoms with Crippen LogP contribution in [0.3, 0.4) is 0 Å². The molecule has 13 heteroatoms. The van der Waals surface area contributed by atoms with E-state index in [1.54, 1.807) is 0 Å². The molecule has 2 aliphatic heterocycles. The number of ether oxygens (including phenoxy) is 5. The minimum Gasteiger partial charge on any atom is -0.463 e. The standard InChI is InChI=1S/C16H26O13/c1-6(19)25-4-9-11(22)14(24)16(5-18,28-9)29-15-12(23)13(26-7(2)20)10(21)8(3-17)27-15/h8-15,17-18,21-24H,3-5H2,1-2H3/t8-,9-,10-,11-,12-,13+,14+,15+,16?/m1/s1. The predicted molar refractivity (Wildman–Crippen MR) is 87.7 cm³/mol. The molecule has 9 atom stereocenters. The quantitative estimate of drug-likeness (QED) is 0.214. The third-order valence-corrected chi connectivity index (χ3v) is 4.62. The van der Waals surface area contributed by atoms with E-state index in [1.165, 1.54) is 0 Å². The van der Waals surface area contributed by atoms with E-state index in [1.807, 2.05) is 0 Å². The van der Waals surface area contributed by atoms with Crippen molar-refractivity contribution < 1.29 is 63.9 Å². The number of carbonyl (C=O) groups is 2. The van der Waals surface area contributed by atoms with Crippen LogP contribution in [-0.2, 0) is 33.3 Å². The Morgan fingerprint density at radius 1 is 0.966 bits per heavy atom. The Hall–Kier alpha value is -1.42. The second-order valence-electron chi connectivity index (χ2n) is 6.76. The molecule has 0 aliphatic carbocycles. The second-order valence-corrected chi connectivity index (χ2v) is 6.76. The highest BCUT2D eigenvalue weighted by atomic mass is 16.8. The highest BCUT2D eigenvalue weighted by Gasteiger charge is 2.59. The first kappa shape index (κ1) is 23.9. The fourth-order valence-electron chi connectivity index (χ4n) is 3.13. The molecule has 2 rings (SSSR count). The van der Waals surface area contributed by atoms with Crippen LogP contribution >= 0.6 is 0 Å². The summed E-state index contributed by atoms with van der Waals surface area (Å²) >= 11 is 0. The SMILES string of the molecule is CC(=O)OC[C@H]1OC(CO)(O[C@@H]2O[C@H](CO)[C@@H](O)[C@H](OC(C)=O)[C@H]2O)[C@@H](O)[C@@H]1O. The minimum atomic E-state index is -2.31. The lowest BCUT2D eigenvalue weighted by Crippen LogP contribution is -2.63. The second kappa shape index (κ2) is 9.59. The largest absolute Gasteiger partial charge is 0.463 e. The number of aliphatic hydroxyl groups is 6. The normalized spacial score (nSPS) is 42.5. The van der Waals surface area contributed by atoms with Crippen LogP contribution in [0.4, 0.5) is 0 Å². The summed E-state index contributed by atoms with van der Waals surface area (Å²) in [6, 6.07) is 0. The number of esters is 2. The zero-order valence-corrected chi connectivity index (χ0v) is 15.8. The van der Waals surface area contributed by atoms with Gasteiger partial charge >= 0.3 is 11.9 Å². The summed E-state index contributed by atoms with van der Waals surface area (Å²) in [7, 11) is 0. The number of carbonyl (C=O) groups excluding carboxylic acids is 2. The average molecular weight is 426 g/mol. The van der Waals surface area contributed by atoms with Gasteiger partial charge in [0.2, 0.25) is 5.79 Å². The van der Waals surface area contributed by atoms with Crippen LogP contribution in [0.25, 0.3) is 0 Å². The van der Waals surface area contributed by atoms with Gasteiger partial charge in [0.15, 0.2) is 12.4 Å². The summed E-state index contributed by atoms with van der Waals surface area (Å²) in [5.41, 5.74) is 0. The molecule has 0 saturated carbocycles. The lowest BCUT2D eigenvalue weighted by atomic mass is 9.98. The molecule has 13 nitrogen and oxygen atoms in total. The first-order valence-corrected chi connectivity index (χ1v) is 8.82. The molecule has 0 aromatic heterocycles. The highest BCUT2D eigenvalue weighted by Crippen LogP contribution is 2.36. The molecule has 2 heterocycles. The van der Waals surface area contributed by atoms with E-state index in [0.717, 1.165) is 13.8 Å². The Morgan fingerprint density at radius 2 is 1.62 bits per heavy atom. The molecule has 168 valence electrons. The molecule has 2 fully saturated rings. The monoisotopic (exact) mass is 426 g/mol. The molecule has 0 spiro atoms. The van der Waals surface area contributed by atoms with Crippen molar-refractivity contribution in [3.05, 3.63) is 0 Å². The van der Waals surface area contributed by atoms with Crippen LogP contribution in [0.2, 0.25) is 0 Å². The van der Waals surface area contributed by atoms with Crippen molar-refractivity contribution >= 4 is 11.9 Å². The molecule has 0 amide bonds. The Labute approximate surface area is 165 Å². The van der Waals surface area contributed by atoms with Crippen LogP contribution in [0.1, 0.15) is 13.8 Å². The van der Waals surface area contributed by atoms with Crippen LogP contribution in [0.15, 0.2) is 0 Å². The molecule has 29 heavy (non-hydrogen) atoms. The van der Waals surface area contributed by atoms with E-state index in [2.05, 4.69) is 0 Å². The molecule has 6 N–H and O–H groups in total. The summed E-state index contributed by atoms with van der Waals surface area (Å²) in [6.45, 7) is -0.0540. The Balaban J connectivity index is 2.21. The summed E-state index contributed by atoms with van der Waals surface area (Å²) in [5, 5.41) is 60.1. The minimum absolute atomic E-state index is 0.458. The van der Waals surface area contributed by atoms with Crippen molar-refractivity contribution in [1.29, 1.82) is 0 Å². The van der Waals surface area contributed by atoms with Gasteiger partial charge in [-0.25, -0.2) is 0 Å². The molecule has 2 saturated heterocycles. The summed E-state index contributed by atoms with van der Waals surface area (Å²) < 4.78 is 25.6. The van der Waals surface area contributed by atoms with Crippen molar-refractivity contribution in [2.24, 2.45) is 0 Å². The smallest absolute Gasteiger partial charge is 0.303 e. The van der Waals surface area contributed by atoms with E-state index in [9.17, 15) is 40.2 Å². The average Bonchev–Trinajstić information content (AvgIpc) is 2.90. The van der Waals surface area contributed by atoms with E-state index in [4.69, 9.17) is 23.7 Å². The van der Waals surface area contributed by atoms with Crippen LogP contribution in [0, 0.1) is 0 Å². The third kappa shape index (κ3) is 5.02. The fourth-order valence-corrected chi connectivity index (χ4v) is 3.13. The number of hydrogen-bond donors (Lipinski definition) is 6. The van der Waals surface area contributed by atoms with Gasteiger partial charge in [0, 0.05) is 13.8 Å². The van der Waals surface area contributed by atoms with E-state index < -0.39 is 86.6 Å². The highest BCUT2D eigenvalue weighted by molar-refractivity contribution is 5.66. The number of hydrogen-bond acceptors (Lipinski definition) is 13. The van der Waals surface area contributed by atoms with Crippen molar-refractivity contribution in [2.75, 3.05) is 19.8 Å². The van der Waals surface area contributed by atoms with Gasteiger partial charge in [-0.2, -0.15) is 0 Å². The summed E-state index contributed by atoms with van der Waals surface area (Å²) in [6.07, 6.45) is -12.8. The maximum Gasteiger partial charge on any atom is 0.303 e. The first-order chi connectivity index (χ1) is 13.6. The van der Waals surface area contributed by atoms with Gasteiger partial charge in [-0.1, -0.05) is 0 Å². The molecule has 1 unspecified atom stereocenters. The zero-order chi connectivity index (χ0) is 21.9. The summed E-state index contributed by atoms with van der Waals surface area (Å²) in [4.78, 5) is 22.2. The molecule has 0 radical (unpaired) electrons. The van der Waals surface area contributed by atoms with Gasteiger partial charge in [0.05, 0.1) is 6.61 Å². The van der Waals surface area contributed by atoms with Crippen molar-refractivity contribution in [2.45, 2.75) is 68.7 Å². The first-order valence-electron chi connectivity index (χ1n) is 8.82. The van der Waals surface area contributed by atoms with Gasteiger partial charge in [0.25, 0.3) is 0 Å². The summed E-state index contributed by atoms with van der Waals surface area (Å²) in [5.74, 6) is -3.82. The lowest BCUT2D eigenvalue weighted by Gasteiger charge is -2.44. The van der Waals surface area contributed by atoms with Gasteiger partial charge in [-0.05, 0) is 0 Å². The van der Waals surface area contributed by atoms with Crippen LogP contribution in [0.5, 0.6) is 0 Å². The molecular formula is C16H26O13.